The van der Waals surface area contributed by atoms with Gasteiger partial charge in [-0.15, -0.1) is 11.8 Å². The van der Waals surface area contributed by atoms with Gasteiger partial charge in [-0.25, -0.2) is 9.97 Å². The second kappa shape index (κ2) is 6.00. The molecule has 1 heterocycles. The van der Waals surface area contributed by atoms with Crippen molar-refractivity contribution in [2.45, 2.75) is 41.5 Å². The number of benzene rings is 1. The second-order valence-corrected chi connectivity index (χ2v) is 6.77. The molecule has 2 aromatic rings. The van der Waals surface area contributed by atoms with Crippen LogP contribution < -0.4 is 5.32 Å². The fourth-order valence-corrected chi connectivity index (χ4v) is 4.32. The zero-order valence-electron chi connectivity index (χ0n) is 12.0. The van der Waals surface area contributed by atoms with Crippen molar-refractivity contribution in [2.24, 2.45) is 0 Å². The Morgan fingerprint density at radius 3 is 3.05 bits per heavy atom. The minimum atomic E-state index is -0.376. The van der Waals surface area contributed by atoms with Crippen molar-refractivity contribution >= 4 is 22.7 Å². The highest BCUT2D eigenvalue weighted by Crippen LogP contribution is 2.38. The van der Waals surface area contributed by atoms with Gasteiger partial charge in [0.05, 0.1) is 11.6 Å². The highest BCUT2D eigenvalue weighted by molar-refractivity contribution is 8.00. The Kier molecular flexibility index (Phi) is 4.09. The van der Waals surface area contributed by atoms with E-state index in [1.807, 2.05) is 25.2 Å². The van der Waals surface area contributed by atoms with Crippen LogP contribution in [-0.4, -0.2) is 27.8 Å². The van der Waals surface area contributed by atoms with Gasteiger partial charge in [0.15, 0.2) is 0 Å². The zero-order valence-corrected chi connectivity index (χ0v) is 12.9. The third-order valence-corrected chi connectivity index (χ3v) is 5.47. The molecule has 0 aliphatic heterocycles. The zero-order chi connectivity index (χ0) is 14.7. The number of hydrogen-bond acceptors (Lipinski definition) is 5. The van der Waals surface area contributed by atoms with Crippen LogP contribution in [0.1, 0.15) is 25.7 Å². The van der Waals surface area contributed by atoms with Gasteiger partial charge in [-0.2, -0.15) is 5.26 Å². The molecule has 0 radical (unpaired) electrons. The van der Waals surface area contributed by atoms with Crippen LogP contribution in [0.3, 0.4) is 0 Å². The summed E-state index contributed by atoms with van der Waals surface area (Å²) in [5.74, 6) is 0. The lowest BCUT2D eigenvalue weighted by molar-refractivity contribution is 0.323. The van der Waals surface area contributed by atoms with Crippen LogP contribution in [-0.2, 0) is 0 Å². The van der Waals surface area contributed by atoms with E-state index in [-0.39, 0.29) is 5.54 Å². The van der Waals surface area contributed by atoms with Gasteiger partial charge in [0.25, 0.3) is 0 Å². The van der Waals surface area contributed by atoms with Gasteiger partial charge in [-0.3, -0.25) is 0 Å². The highest BCUT2D eigenvalue weighted by atomic mass is 32.2. The first-order chi connectivity index (χ1) is 10.3. The van der Waals surface area contributed by atoms with Crippen molar-refractivity contribution < 1.29 is 0 Å². The summed E-state index contributed by atoms with van der Waals surface area (Å²) in [6.45, 7) is 0. The largest absolute Gasteiger partial charge is 0.302 e. The van der Waals surface area contributed by atoms with Gasteiger partial charge in [0.1, 0.15) is 16.9 Å². The average molecular weight is 298 g/mol. The normalized spacial score (nSPS) is 25.6. The summed E-state index contributed by atoms with van der Waals surface area (Å²) in [4.78, 5) is 8.76. The summed E-state index contributed by atoms with van der Waals surface area (Å²) < 4.78 is 0. The SMILES string of the molecule is CNC1(C#N)CCCC(Sc2ncnc3ccccc23)C1. The smallest absolute Gasteiger partial charge is 0.117 e. The summed E-state index contributed by atoms with van der Waals surface area (Å²) in [6, 6.07) is 10.5. The minimum Gasteiger partial charge on any atom is -0.302 e. The first kappa shape index (κ1) is 14.3. The number of thioether (sulfide) groups is 1. The molecule has 21 heavy (non-hydrogen) atoms. The molecule has 3 rings (SSSR count). The Balaban J connectivity index is 1.84. The number of nitriles is 1. The van der Waals surface area contributed by atoms with E-state index >= 15 is 0 Å². The fraction of sp³-hybridized carbons (Fsp3) is 0.438. The maximum absolute atomic E-state index is 9.45. The number of nitrogens with one attached hydrogen (secondary N) is 1. The van der Waals surface area contributed by atoms with Gasteiger partial charge in [0.2, 0.25) is 0 Å². The predicted molar refractivity (Wildman–Crippen MR) is 85.1 cm³/mol. The number of aromatic nitrogens is 2. The Bertz CT molecular complexity index is 676. The molecule has 108 valence electrons. The van der Waals surface area contributed by atoms with Gasteiger partial charge in [0, 0.05) is 10.6 Å². The van der Waals surface area contributed by atoms with Crippen LogP contribution in [0, 0.1) is 11.3 Å². The number of fused-ring (bicyclic) bond motifs is 1. The van der Waals surface area contributed by atoms with Crippen LogP contribution in [0.15, 0.2) is 35.6 Å². The standard InChI is InChI=1S/C16H18N4S/c1-18-16(10-17)8-4-5-12(9-16)21-15-13-6-2-3-7-14(13)19-11-20-15/h2-3,6-7,11-12,18H,4-5,8-9H2,1H3. The summed E-state index contributed by atoms with van der Waals surface area (Å²) >= 11 is 1.78. The molecular formula is C16H18N4S. The van der Waals surface area contributed by atoms with Crippen LogP contribution in [0.5, 0.6) is 0 Å². The van der Waals surface area contributed by atoms with Crippen molar-refractivity contribution in [3.63, 3.8) is 0 Å². The molecule has 1 aromatic carbocycles. The van der Waals surface area contributed by atoms with Gasteiger partial charge >= 0.3 is 0 Å². The van der Waals surface area contributed by atoms with Crippen LogP contribution in [0.4, 0.5) is 0 Å². The minimum absolute atomic E-state index is 0.376. The van der Waals surface area contributed by atoms with E-state index < -0.39 is 0 Å². The predicted octanol–water partition coefficient (Wildman–Crippen LogP) is 3.15. The van der Waals surface area contributed by atoms with E-state index in [0.717, 1.165) is 41.6 Å². The number of hydrogen-bond donors (Lipinski definition) is 1. The molecule has 0 amide bonds. The maximum atomic E-state index is 9.45. The molecule has 1 fully saturated rings. The molecule has 1 aliphatic carbocycles. The van der Waals surface area contributed by atoms with Crippen molar-refractivity contribution in [1.29, 1.82) is 5.26 Å². The molecule has 1 aromatic heterocycles. The Morgan fingerprint density at radius 2 is 2.24 bits per heavy atom. The first-order valence-corrected chi connectivity index (χ1v) is 8.11. The van der Waals surface area contributed by atoms with E-state index in [2.05, 4.69) is 27.4 Å². The molecule has 0 saturated heterocycles. The molecule has 0 bridgehead atoms. The number of nitrogens with zero attached hydrogens (tertiary/aromatic N) is 3. The van der Waals surface area contributed by atoms with E-state index in [1.54, 1.807) is 18.1 Å². The summed E-state index contributed by atoms with van der Waals surface area (Å²) in [6.07, 6.45) is 5.64. The first-order valence-electron chi connectivity index (χ1n) is 7.23. The maximum Gasteiger partial charge on any atom is 0.117 e. The van der Waals surface area contributed by atoms with Crippen molar-refractivity contribution in [2.75, 3.05) is 7.05 Å². The highest BCUT2D eigenvalue weighted by Gasteiger charge is 2.35. The van der Waals surface area contributed by atoms with Crippen LogP contribution >= 0.6 is 11.8 Å². The molecule has 2 atom stereocenters. The molecule has 1 N–H and O–H groups in total. The lowest BCUT2D eigenvalue weighted by Crippen LogP contribution is -2.46. The van der Waals surface area contributed by atoms with E-state index in [1.165, 1.54) is 0 Å². The van der Waals surface area contributed by atoms with Crippen LogP contribution in [0.25, 0.3) is 10.9 Å². The third kappa shape index (κ3) is 2.87. The Labute approximate surface area is 129 Å². The second-order valence-electron chi connectivity index (χ2n) is 5.48. The number of para-hydroxylation sites is 1. The van der Waals surface area contributed by atoms with Gasteiger partial charge in [-0.1, -0.05) is 18.2 Å². The van der Waals surface area contributed by atoms with E-state index in [4.69, 9.17) is 0 Å². The van der Waals surface area contributed by atoms with Crippen molar-refractivity contribution in [1.82, 2.24) is 15.3 Å². The Hall–Kier alpha value is -1.64. The molecule has 1 saturated carbocycles. The van der Waals surface area contributed by atoms with Gasteiger partial charge < -0.3 is 5.32 Å². The topological polar surface area (TPSA) is 61.6 Å². The summed E-state index contributed by atoms with van der Waals surface area (Å²) in [5, 5.41) is 15.2. The van der Waals surface area contributed by atoms with Crippen LogP contribution in [0.2, 0.25) is 0 Å². The average Bonchev–Trinajstić information content (AvgIpc) is 2.55. The molecule has 1 aliphatic rings. The molecule has 5 heteroatoms. The van der Waals surface area contributed by atoms with Crippen molar-refractivity contribution in [3.05, 3.63) is 30.6 Å². The molecule has 2 unspecified atom stereocenters. The molecule has 4 nitrogen and oxygen atoms in total. The third-order valence-electron chi connectivity index (χ3n) is 4.18. The fourth-order valence-electron chi connectivity index (χ4n) is 2.94. The van der Waals surface area contributed by atoms with Crippen molar-refractivity contribution in [3.8, 4) is 6.07 Å². The quantitative estimate of drug-likeness (QED) is 0.882. The lowest BCUT2D eigenvalue weighted by atomic mass is 9.83. The number of rotatable bonds is 3. The summed E-state index contributed by atoms with van der Waals surface area (Å²) in [7, 11) is 1.89. The van der Waals surface area contributed by atoms with E-state index in [0.29, 0.717) is 5.25 Å². The molecular weight excluding hydrogens is 280 g/mol. The van der Waals surface area contributed by atoms with E-state index in [9.17, 15) is 5.26 Å². The Morgan fingerprint density at radius 1 is 1.38 bits per heavy atom. The lowest BCUT2D eigenvalue weighted by Gasteiger charge is -2.35. The monoisotopic (exact) mass is 298 g/mol. The summed E-state index contributed by atoms with van der Waals surface area (Å²) in [5.41, 5.74) is 0.602. The molecule has 0 spiro atoms. The van der Waals surface area contributed by atoms with Gasteiger partial charge in [-0.05, 0) is 38.8 Å².